The molecule has 2 aromatic rings. The van der Waals surface area contributed by atoms with Gasteiger partial charge in [-0.25, -0.2) is 0 Å². The van der Waals surface area contributed by atoms with Crippen molar-refractivity contribution < 1.29 is 4.92 Å². The van der Waals surface area contributed by atoms with Crippen molar-refractivity contribution in [2.45, 2.75) is 13.1 Å². The van der Waals surface area contributed by atoms with Crippen molar-refractivity contribution in [2.75, 3.05) is 10.6 Å². The van der Waals surface area contributed by atoms with E-state index in [0.29, 0.717) is 29.6 Å². The van der Waals surface area contributed by atoms with Crippen LogP contribution >= 0.6 is 11.6 Å². The van der Waals surface area contributed by atoms with E-state index in [2.05, 4.69) is 5.10 Å². The van der Waals surface area contributed by atoms with Gasteiger partial charge in [-0.2, -0.15) is 5.10 Å². The van der Waals surface area contributed by atoms with E-state index in [9.17, 15) is 10.1 Å². The minimum absolute atomic E-state index is 0.00293. The second-order valence-corrected chi connectivity index (χ2v) is 5.12. The number of rotatable bonds is 2. The van der Waals surface area contributed by atoms with Gasteiger partial charge in [0.15, 0.2) is 5.82 Å². The summed E-state index contributed by atoms with van der Waals surface area (Å²) in [5, 5.41) is 15.6. The molecule has 0 radical (unpaired) electrons. The molecule has 1 aliphatic heterocycles. The topological polar surface area (TPSA) is 90.2 Å². The van der Waals surface area contributed by atoms with Crippen LogP contribution in [0.25, 0.3) is 0 Å². The summed E-state index contributed by atoms with van der Waals surface area (Å²) in [5.41, 5.74) is 8.28. The first-order valence-corrected chi connectivity index (χ1v) is 6.34. The highest BCUT2D eigenvalue weighted by Crippen LogP contribution is 2.37. The van der Waals surface area contributed by atoms with Gasteiger partial charge >= 0.3 is 0 Å². The number of halogens is 1. The number of hydrogen-bond acceptors (Lipinski definition) is 5. The molecule has 0 aliphatic carbocycles. The summed E-state index contributed by atoms with van der Waals surface area (Å²) in [6, 6.07) is 4.67. The van der Waals surface area contributed by atoms with E-state index in [-0.39, 0.29) is 5.69 Å². The molecule has 0 bridgehead atoms. The maximum Gasteiger partial charge on any atom is 0.294 e. The van der Waals surface area contributed by atoms with Crippen LogP contribution in [0.15, 0.2) is 18.2 Å². The average Bonchev–Trinajstić information content (AvgIpc) is 2.92. The molecule has 0 saturated heterocycles. The number of nitrogens with two attached hydrogens (primary N) is 1. The second kappa shape index (κ2) is 4.38. The van der Waals surface area contributed by atoms with Crippen molar-refractivity contribution in [2.24, 2.45) is 7.05 Å². The van der Waals surface area contributed by atoms with Crippen LogP contribution in [0.5, 0.6) is 0 Å². The van der Waals surface area contributed by atoms with E-state index in [0.717, 1.165) is 11.3 Å². The van der Waals surface area contributed by atoms with Crippen molar-refractivity contribution in [1.82, 2.24) is 9.78 Å². The van der Waals surface area contributed by atoms with Crippen molar-refractivity contribution in [3.05, 3.63) is 44.6 Å². The Morgan fingerprint density at radius 2 is 2.20 bits per heavy atom. The van der Waals surface area contributed by atoms with Crippen LogP contribution in [0.2, 0.25) is 5.02 Å². The normalized spacial score (nSPS) is 13.6. The van der Waals surface area contributed by atoms with Gasteiger partial charge in [-0.15, -0.1) is 0 Å². The molecular formula is C12H12ClN5O2. The van der Waals surface area contributed by atoms with Gasteiger partial charge < -0.3 is 10.6 Å². The van der Waals surface area contributed by atoms with Crippen LogP contribution < -0.4 is 10.6 Å². The number of hydrogen-bond donors (Lipinski definition) is 1. The molecule has 20 heavy (non-hydrogen) atoms. The zero-order chi connectivity index (χ0) is 14.4. The summed E-state index contributed by atoms with van der Waals surface area (Å²) in [4.78, 5) is 12.6. The lowest BCUT2D eigenvalue weighted by Gasteiger charge is -2.18. The number of nitrogen functional groups attached to an aromatic ring is 1. The van der Waals surface area contributed by atoms with Crippen LogP contribution in [-0.2, 0) is 20.1 Å². The third-order valence-electron chi connectivity index (χ3n) is 3.47. The quantitative estimate of drug-likeness (QED) is 0.676. The largest absolute Gasteiger partial charge is 0.382 e. The van der Waals surface area contributed by atoms with Crippen LogP contribution in [-0.4, -0.2) is 14.7 Å². The third-order valence-corrected chi connectivity index (χ3v) is 3.71. The van der Waals surface area contributed by atoms with E-state index in [1.54, 1.807) is 16.8 Å². The van der Waals surface area contributed by atoms with E-state index in [4.69, 9.17) is 17.3 Å². The van der Waals surface area contributed by atoms with E-state index in [1.165, 1.54) is 6.07 Å². The molecule has 0 unspecified atom stereocenters. The fraction of sp³-hybridized carbons (Fsp3) is 0.250. The highest BCUT2D eigenvalue weighted by molar-refractivity contribution is 6.30. The lowest BCUT2D eigenvalue weighted by atomic mass is 10.2. The van der Waals surface area contributed by atoms with Crippen LogP contribution in [0, 0.1) is 10.1 Å². The lowest BCUT2D eigenvalue weighted by Crippen LogP contribution is -2.18. The molecule has 0 amide bonds. The van der Waals surface area contributed by atoms with E-state index >= 15 is 0 Å². The zero-order valence-corrected chi connectivity index (χ0v) is 11.5. The minimum Gasteiger partial charge on any atom is -0.382 e. The van der Waals surface area contributed by atoms with Crippen LogP contribution in [0.1, 0.15) is 11.3 Å². The molecule has 0 fully saturated rings. The first kappa shape index (κ1) is 12.7. The number of aryl methyl sites for hydroxylation is 1. The van der Waals surface area contributed by atoms with Gasteiger partial charge in [-0.05, 0) is 12.1 Å². The average molecular weight is 294 g/mol. The zero-order valence-electron chi connectivity index (χ0n) is 10.7. The molecule has 1 aliphatic rings. The molecule has 1 aromatic carbocycles. The number of nitro groups is 1. The molecule has 0 saturated carbocycles. The smallest absolute Gasteiger partial charge is 0.294 e. The fourth-order valence-electron chi connectivity index (χ4n) is 2.50. The minimum atomic E-state index is -0.425. The predicted molar refractivity (Wildman–Crippen MR) is 75.6 cm³/mol. The van der Waals surface area contributed by atoms with Gasteiger partial charge in [0.25, 0.3) is 5.69 Å². The summed E-state index contributed by atoms with van der Waals surface area (Å²) in [7, 11) is 1.81. The second-order valence-electron chi connectivity index (χ2n) is 4.68. The molecule has 2 heterocycles. The number of aromatic nitrogens is 2. The maximum atomic E-state index is 11.2. The number of fused-ring (bicyclic) bond motifs is 1. The van der Waals surface area contributed by atoms with Gasteiger partial charge in [-0.1, -0.05) is 11.6 Å². The van der Waals surface area contributed by atoms with E-state index in [1.807, 2.05) is 11.9 Å². The molecule has 104 valence electrons. The highest BCUT2D eigenvalue weighted by Gasteiger charge is 2.29. The van der Waals surface area contributed by atoms with Crippen LogP contribution in [0.4, 0.5) is 17.2 Å². The predicted octanol–water partition coefficient (Wildman–Crippen LogP) is 2.08. The van der Waals surface area contributed by atoms with Crippen molar-refractivity contribution in [3.8, 4) is 0 Å². The lowest BCUT2D eigenvalue weighted by molar-refractivity contribution is -0.384. The van der Waals surface area contributed by atoms with Gasteiger partial charge in [0, 0.05) is 30.2 Å². The first-order valence-electron chi connectivity index (χ1n) is 5.96. The summed E-state index contributed by atoms with van der Waals surface area (Å²) in [6.45, 7) is 1.05. The molecular weight excluding hydrogens is 282 g/mol. The molecule has 3 rings (SSSR count). The first-order chi connectivity index (χ1) is 9.47. The van der Waals surface area contributed by atoms with E-state index < -0.39 is 4.92 Å². The summed E-state index contributed by atoms with van der Waals surface area (Å²) >= 11 is 5.83. The van der Waals surface area contributed by atoms with Crippen molar-refractivity contribution >= 4 is 28.8 Å². The Morgan fingerprint density at radius 1 is 1.45 bits per heavy atom. The molecule has 7 nitrogen and oxygen atoms in total. The summed E-state index contributed by atoms with van der Waals surface area (Å²) in [6.07, 6.45) is 0. The highest BCUT2D eigenvalue weighted by atomic mass is 35.5. The Kier molecular flexibility index (Phi) is 2.79. The van der Waals surface area contributed by atoms with Crippen molar-refractivity contribution in [3.63, 3.8) is 0 Å². The van der Waals surface area contributed by atoms with Gasteiger partial charge in [0.1, 0.15) is 5.69 Å². The summed E-state index contributed by atoms with van der Waals surface area (Å²) < 4.78 is 1.71. The number of nitro benzene ring substituents is 1. The Balaban J connectivity index is 2.01. The Bertz CT molecular complexity index is 686. The van der Waals surface area contributed by atoms with Crippen LogP contribution in [0.3, 0.4) is 0 Å². The summed E-state index contributed by atoms with van der Waals surface area (Å²) in [5.74, 6) is 0.474. The molecule has 0 spiro atoms. The fourth-order valence-corrected chi connectivity index (χ4v) is 2.67. The Hall–Kier alpha value is -2.28. The van der Waals surface area contributed by atoms with Gasteiger partial charge in [0.05, 0.1) is 17.2 Å². The molecule has 0 atom stereocenters. The number of anilines is 2. The number of benzene rings is 1. The Morgan fingerprint density at radius 3 is 2.85 bits per heavy atom. The van der Waals surface area contributed by atoms with Gasteiger partial charge in [-0.3, -0.25) is 14.8 Å². The SMILES string of the molecule is Cn1nc(N)c2c1CN(c1ccc(Cl)cc1[N+](=O)[O-])C2. The van der Waals surface area contributed by atoms with Gasteiger partial charge in [0.2, 0.25) is 0 Å². The third kappa shape index (κ3) is 1.87. The Labute approximate surface area is 119 Å². The molecule has 2 N–H and O–H groups in total. The number of nitrogens with zero attached hydrogens (tertiary/aromatic N) is 4. The molecule has 8 heteroatoms. The monoisotopic (exact) mass is 293 g/mol. The van der Waals surface area contributed by atoms with Crippen molar-refractivity contribution in [1.29, 1.82) is 0 Å². The molecule has 1 aromatic heterocycles. The maximum absolute atomic E-state index is 11.2. The standard InChI is InChI=1S/C12H12ClN5O2/c1-16-11-6-17(5-8(11)12(14)15-16)9-3-2-7(13)4-10(9)18(19)20/h2-4H,5-6H2,1H3,(H2,14,15).